The van der Waals surface area contributed by atoms with Crippen LogP contribution < -0.4 is 10.0 Å². The summed E-state index contributed by atoms with van der Waals surface area (Å²) in [7, 11) is -3.70. The number of aromatic nitrogens is 4. The lowest BCUT2D eigenvalue weighted by molar-refractivity contribution is 0.564. The topological polar surface area (TPSA) is 102 Å². The number of anilines is 1. The van der Waals surface area contributed by atoms with Gasteiger partial charge in [0.1, 0.15) is 4.90 Å². The number of nitrogens with one attached hydrogen (secondary N) is 2. The van der Waals surface area contributed by atoms with Crippen LogP contribution in [0.5, 0.6) is 0 Å². The first kappa shape index (κ1) is 14.4. The standard InChI is InChI=1S/C11H16N6O2S/c1-2-12-6-7-17-9-10(8-15-17)20(18,19)16-11-13-4-3-5-14-11/h3-5,8-9,12H,2,6-7H2,1H3,(H,13,14,16). The molecule has 0 aliphatic rings. The van der Waals surface area contributed by atoms with Crippen molar-refractivity contribution in [3.63, 3.8) is 0 Å². The molecule has 0 saturated carbocycles. The van der Waals surface area contributed by atoms with Gasteiger partial charge in [0.2, 0.25) is 5.95 Å². The molecule has 20 heavy (non-hydrogen) atoms. The number of nitrogens with zero attached hydrogens (tertiary/aromatic N) is 4. The van der Waals surface area contributed by atoms with Crippen molar-refractivity contribution in [1.82, 2.24) is 25.1 Å². The largest absolute Gasteiger partial charge is 0.315 e. The van der Waals surface area contributed by atoms with Gasteiger partial charge in [-0.2, -0.15) is 5.10 Å². The molecule has 2 rings (SSSR count). The first-order valence-corrected chi connectivity index (χ1v) is 7.63. The van der Waals surface area contributed by atoms with Gasteiger partial charge in [-0.15, -0.1) is 0 Å². The van der Waals surface area contributed by atoms with Crippen LogP contribution >= 0.6 is 0 Å². The summed E-state index contributed by atoms with van der Waals surface area (Å²) in [5.41, 5.74) is 0. The first-order chi connectivity index (χ1) is 9.62. The highest BCUT2D eigenvalue weighted by molar-refractivity contribution is 7.92. The van der Waals surface area contributed by atoms with Crippen molar-refractivity contribution in [3.8, 4) is 0 Å². The molecule has 0 aromatic carbocycles. The number of sulfonamides is 1. The van der Waals surface area contributed by atoms with E-state index in [9.17, 15) is 8.42 Å². The maximum atomic E-state index is 12.1. The number of rotatable bonds is 7. The molecule has 2 N–H and O–H groups in total. The van der Waals surface area contributed by atoms with Crippen LogP contribution in [0.25, 0.3) is 0 Å². The zero-order chi connectivity index (χ0) is 14.4. The summed E-state index contributed by atoms with van der Waals surface area (Å²) in [5, 5.41) is 7.15. The lowest BCUT2D eigenvalue weighted by Crippen LogP contribution is -2.19. The van der Waals surface area contributed by atoms with Crippen molar-refractivity contribution < 1.29 is 8.42 Å². The second kappa shape index (κ2) is 6.44. The fourth-order valence-corrected chi connectivity index (χ4v) is 2.42. The van der Waals surface area contributed by atoms with Gasteiger partial charge in [-0.05, 0) is 12.6 Å². The quantitative estimate of drug-likeness (QED) is 0.702. The van der Waals surface area contributed by atoms with E-state index in [1.807, 2.05) is 6.92 Å². The molecule has 0 fully saturated rings. The molecule has 0 radical (unpaired) electrons. The summed E-state index contributed by atoms with van der Waals surface area (Å²) in [4.78, 5) is 7.72. The third kappa shape index (κ3) is 3.75. The minimum absolute atomic E-state index is 0.0351. The smallest absolute Gasteiger partial charge is 0.267 e. The fourth-order valence-electron chi connectivity index (χ4n) is 1.51. The molecule has 0 spiro atoms. The summed E-state index contributed by atoms with van der Waals surface area (Å²) < 4.78 is 28.0. The van der Waals surface area contributed by atoms with Crippen molar-refractivity contribution in [3.05, 3.63) is 30.9 Å². The molecule has 0 atom stereocenters. The minimum Gasteiger partial charge on any atom is -0.315 e. The SMILES string of the molecule is CCNCCn1cc(S(=O)(=O)Nc2ncccn2)cn1. The molecule has 0 amide bonds. The lowest BCUT2D eigenvalue weighted by Gasteiger charge is -2.03. The Morgan fingerprint density at radius 1 is 1.30 bits per heavy atom. The minimum atomic E-state index is -3.70. The zero-order valence-electron chi connectivity index (χ0n) is 11.0. The molecule has 2 aromatic rings. The van der Waals surface area contributed by atoms with Crippen LogP contribution in [-0.4, -0.2) is 41.3 Å². The van der Waals surface area contributed by atoms with Crippen molar-refractivity contribution in [2.24, 2.45) is 0 Å². The van der Waals surface area contributed by atoms with Gasteiger partial charge in [0.25, 0.3) is 10.0 Å². The van der Waals surface area contributed by atoms with Gasteiger partial charge in [0, 0.05) is 25.1 Å². The third-order valence-electron chi connectivity index (χ3n) is 2.48. The molecule has 9 heteroatoms. The summed E-state index contributed by atoms with van der Waals surface area (Å²) in [5.74, 6) is 0.0351. The Bertz CT molecular complexity index is 640. The molecule has 0 unspecified atom stereocenters. The van der Waals surface area contributed by atoms with Gasteiger partial charge in [0.15, 0.2) is 0 Å². The number of hydrogen-bond donors (Lipinski definition) is 2. The third-order valence-corrected chi connectivity index (χ3v) is 3.76. The fraction of sp³-hybridized carbons (Fsp3) is 0.364. The van der Waals surface area contributed by atoms with Crippen LogP contribution in [0.2, 0.25) is 0 Å². The van der Waals surface area contributed by atoms with E-state index in [1.54, 1.807) is 10.7 Å². The van der Waals surface area contributed by atoms with Crippen LogP contribution in [0, 0.1) is 0 Å². The summed E-state index contributed by atoms with van der Waals surface area (Å²) >= 11 is 0. The predicted molar refractivity (Wildman–Crippen MR) is 73.6 cm³/mol. The van der Waals surface area contributed by atoms with Gasteiger partial charge in [-0.25, -0.2) is 23.1 Å². The molecule has 0 bridgehead atoms. The van der Waals surface area contributed by atoms with E-state index in [4.69, 9.17) is 0 Å². The molecular formula is C11H16N6O2S. The average molecular weight is 296 g/mol. The van der Waals surface area contributed by atoms with Crippen molar-refractivity contribution in [2.75, 3.05) is 17.8 Å². The van der Waals surface area contributed by atoms with E-state index < -0.39 is 10.0 Å². The number of likely N-dealkylation sites (N-methyl/N-ethyl adjacent to an activating group) is 1. The highest BCUT2D eigenvalue weighted by Gasteiger charge is 2.17. The molecule has 0 aliphatic heterocycles. The predicted octanol–water partition coefficient (Wildman–Crippen LogP) is 0.0834. The van der Waals surface area contributed by atoms with Crippen LogP contribution in [0.3, 0.4) is 0 Å². The Labute approximate surface area is 117 Å². The molecule has 0 saturated heterocycles. The summed E-state index contributed by atoms with van der Waals surface area (Å²) in [6.45, 7) is 4.19. The summed E-state index contributed by atoms with van der Waals surface area (Å²) in [6.07, 6.45) is 5.70. The molecular weight excluding hydrogens is 280 g/mol. The molecule has 108 valence electrons. The Balaban J connectivity index is 2.06. The van der Waals surface area contributed by atoms with Gasteiger partial charge < -0.3 is 5.32 Å². The average Bonchev–Trinajstić information content (AvgIpc) is 2.89. The van der Waals surface area contributed by atoms with E-state index in [0.717, 1.165) is 13.1 Å². The van der Waals surface area contributed by atoms with Crippen LogP contribution in [-0.2, 0) is 16.6 Å². The highest BCUT2D eigenvalue weighted by atomic mass is 32.2. The number of hydrogen-bond acceptors (Lipinski definition) is 6. The maximum Gasteiger partial charge on any atom is 0.267 e. The Hall–Kier alpha value is -2.00. The van der Waals surface area contributed by atoms with Gasteiger partial charge in [-0.1, -0.05) is 6.92 Å². The molecule has 2 aromatic heterocycles. The highest BCUT2D eigenvalue weighted by Crippen LogP contribution is 2.11. The van der Waals surface area contributed by atoms with E-state index in [-0.39, 0.29) is 10.8 Å². The van der Waals surface area contributed by atoms with Crippen molar-refractivity contribution >= 4 is 16.0 Å². The Kier molecular flexibility index (Phi) is 4.64. The van der Waals surface area contributed by atoms with E-state index >= 15 is 0 Å². The van der Waals surface area contributed by atoms with Crippen LogP contribution in [0.1, 0.15) is 6.92 Å². The Morgan fingerprint density at radius 3 is 2.75 bits per heavy atom. The monoisotopic (exact) mass is 296 g/mol. The van der Waals surface area contributed by atoms with Gasteiger partial charge in [0.05, 0.1) is 12.7 Å². The van der Waals surface area contributed by atoms with Crippen LogP contribution in [0.15, 0.2) is 35.7 Å². The second-order valence-corrected chi connectivity index (χ2v) is 5.65. The lowest BCUT2D eigenvalue weighted by atomic mass is 10.6. The molecule has 2 heterocycles. The zero-order valence-corrected chi connectivity index (χ0v) is 11.8. The summed E-state index contributed by atoms with van der Waals surface area (Å²) in [6, 6.07) is 1.61. The van der Waals surface area contributed by atoms with Gasteiger partial charge >= 0.3 is 0 Å². The second-order valence-electron chi connectivity index (χ2n) is 3.97. The van der Waals surface area contributed by atoms with Crippen LogP contribution in [0.4, 0.5) is 5.95 Å². The van der Waals surface area contributed by atoms with Crippen molar-refractivity contribution in [2.45, 2.75) is 18.4 Å². The molecule has 8 nitrogen and oxygen atoms in total. The Morgan fingerprint density at radius 2 is 2.05 bits per heavy atom. The molecule has 0 aliphatic carbocycles. The van der Waals surface area contributed by atoms with Crippen molar-refractivity contribution in [1.29, 1.82) is 0 Å². The van der Waals surface area contributed by atoms with Gasteiger partial charge in [-0.3, -0.25) is 4.68 Å². The first-order valence-electron chi connectivity index (χ1n) is 6.15. The van der Waals surface area contributed by atoms with E-state index in [2.05, 4.69) is 25.1 Å². The van der Waals surface area contributed by atoms with E-state index in [1.165, 1.54) is 24.8 Å². The maximum absolute atomic E-state index is 12.1. The normalized spacial score (nSPS) is 11.4. The van der Waals surface area contributed by atoms with E-state index in [0.29, 0.717) is 6.54 Å².